The van der Waals surface area contributed by atoms with Gasteiger partial charge in [0.15, 0.2) is 0 Å². The van der Waals surface area contributed by atoms with E-state index in [-0.39, 0.29) is 21.7 Å². The van der Waals surface area contributed by atoms with Crippen molar-refractivity contribution < 1.29 is 22.3 Å². The summed E-state index contributed by atoms with van der Waals surface area (Å²) in [5, 5.41) is 11.4. The van der Waals surface area contributed by atoms with Crippen molar-refractivity contribution in [3.05, 3.63) is 59.4 Å². The molecule has 29 heavy (non-hydrogen) atoms. The highest BCUT2D eigenvalue weighted by atomic mass is 32.2. The Balaban J connectivity index is 1.67. The highest BCUT2D eigenvalue weighted by Crippen LogP contribution is 2.18. The second kappa shape index (κ2) is 9.13. The molecule has 1 aliphatic heterocycles. The summed E-state index contributed by atoms with van der Waals surface area (Å²) in [6.07, 6.45) is 1.61. The molecular formula is C20H20FN3O4S. The molecule has 1 amide bonds. The molecule has 1 atom stereocenters. The third kappa shape index (κ3) is 5.38. The molecule has 1 aliphatic rings. The topological polar surface area (TPSA) is 108 Å². The quantitative estimate of drug-likeness (QED) is 0.720. The van der Waals surface area contributed by atoms with Gasteiger partial charge in [0.05, 0.1) is 10.5 Å². The third-order valence-corrected chi connectivity index (χ3v) is 6.08. The number of rotatable bonds is 7. The van der Waals surface area contributed by atoms with Crippen molar-refractivity contribution in [3.8, 4) is 6.07 Å². The predicted octanol–water partition coefficient (Wildman–Crippen LogP) is 2.65. The molecular weight excluding hydrogens is 397 g/mol. The number of carbonyl (C=O) groups is 1. The van der Waals surface area contributed by atoms with Crippen molar-refractivity contribution in [3.63, 3.8) is 0 Å². The fourth-order valence-electron chi connectivity index (χ4n) is 2.99. The smallest absolute Gasteiger partial charge is 0.255 e. The zero-order chi connectivity index (χ0) is 20.9. The molecule has 1 fully saturated rings. The van der Waals surface area contributed by atoms with Crippen LogP contribution in [0.15, 0.2) is 47.4 Å². The van der Waals surface area contributed by atoms with Crippen LogP contribution in [-0.2, 0) is 14.8 Å². The van der Waals surface area contributed by atoms with E-state index in [9.17, 15) is 17.6 Å². The first-order chi connectivity index (χ1) is 13.9. The van der Waals surface area contributed by atoms with Crippen LogP contribution in [0.4, 0.5) is 10.1 Å². The second-order valence-corrected chi connectivity index (χ2v) is 8.47. The van der Waals surface area contributed by atoms with E-state index in [0.717, 1.165) is 12.5 Å². The average molecular weight is 417 g/mol. The molecule has 7 nitrogen and oxygen atoms in total. The molecule has 2 aromatic rings. The highest BCUT2D eigenvalue weighted by Gasteiger charge is 2.19. The molecule has 0 aromatic heterocycles. The number of amides is 1. The van der Waals surface area contributed by atoms with E-state index in [4.69, 9.17) is 10.00 Å². The summed E-state index contributed by atoms with van der Waals surface area (Å²) in [6, 6.07) is 10.9. The highest BCUT2D eigenvalue weighted by molar-refractivity contribution is 7.89. The molecule has 2 aromatic carbocycles. The minimum Gasteiger partial charge on any atom is -0.381 e. The van der Waals surface area contributed by atoms with E-state index >= 15 is 0 Å². The molecule has 0 radical (unpaired) electrons. The van der Waals surface area contributed by atoms with Crippen LogP contribution < -0.4 is 10.0 Å². The van der Waals surface area contributed by atoms with E-state index < -0.39 is 21.7 Å². The third-order valence-electron chi connectivity index (χ3n) is 4.62. The van der Waals surface area contributed by atoms with Crippen LogP contribution in [0.2, 0.25) is 0 Å². The Kier molecular flexibility index (Phi) is 6.59. The van der Waals surface area contributed by atoms with Gasteiger partial charge < -0.3 is 10.1 Å². The maximum Gasteiger partial charge on any atom is 0.255 e. The van der Waals surface area contributed by atoms with Gasteiger partial charge in [-0.2, -0.15) is 5.26 Å². The van der Waals surface area contributed by atoms with Gasteiger partial charge in [0.1, 0.15) is 11.9 Å². The van der Waals surface area contributed by atoms with Gasteiger partial charge in [0.2, 0.25) is 10.0 Å². The number of hydrogen-bond acceptors (Lipinski definition) is 5. The number of carbonyl (C=O) groups excluding carboxylic acids is 1. The lowest BCUT2D eigenvalue weighted by Gasteiger charge is -2.11. The Morgan fingerprint density at radius 3 is 2.83 bits per heavy atom. The number of nitrogens with zero attached hydrogens (tertiary/aromatic N) is 1. The number of ether oxygens (including phenoxy) is 1. The minimum absolute atomic E-state index is 0.0235. The van der Waals surface area contributed by atoms with Crippen LogP contribution in [0, 0.1) is 23.1 Å². The van der Waals surface area contributed by atoms with E-state index in [1.807, 2.05) is 0 Å². The standard InChI is InChI=1S/C20H20FN3O4S/c21-19-5-4-17(10-16(19)12-22)24-20(25)15-2-1-3-18(11-15)29(26,27)23-8-6-14-7-9-28-13-14/h1-5,10-11,14,23H,6-9,13H2,(H,24,25). The van der Waals surface area contributed by atoms with Crippen LogP contribution in [0.25, 0.3) is 0 Å². The van der Waals surface area contributed by atoms with Gasteiger partial charge in [0.25, 0.3) is 5.91 Å². The van der Waals surface area contributed by atoms with Crippen LogP contribution in [0.3, 0.4) is 0 Å². The van der Waals surface area contributed by atoms with Crippen molar-refractivity contribution in [1.82, 2.24) is 4.72 Å². The summed E-state index contributed by atoms with van der Waals surface area (Å²) < 4.78 is 46.2. The molecule has 0 aliphatic carbocycles. The van der Waals surface area contributed by atoms with Crippen molar-refractivity contribution in [2.24, 2.45) is 5.92 Å². The van der Waals surface area contributed by atoms with E-state index in [0.29, 0.717) is 32.1 Å². The van der Waals surface area contributed by atoms with Gasteiger partial charge in [-0.3, -0.25) is 4.79 Å². The number of nitrogens with one attached hydrogen (secondary N) is 2. The zero-order valence-corrected chi connectivity index (χ0v) is 16.3. The number of anilines is 1. The largest absolute Gasteiger partial charge is 0.381 e. The molecule has 1 heterocycles. The first-order valence-corrected chi connectivity index (χ1v) is 10.6. The van der Waals surface area contributed by atoms with Crippen LogP contribution in [0.1, 0.15) is 28.8 Å². The Morgan fingerprint density at radius 2 is 2.10 bits per heavy atom. The molecule has 1 saturated heterocycles. The molecule has 152 valence electrons. The lowest BCUT2D eigenvalue weighted by atomic mass is 10.1. The molecule has 3 rings (SSSR count). The number of benzene rings is 2. The van der Waals surface area contributed by atoms with Crippen molar-refractivity contribution >= 4 is 21.6 Å². The van der Waals surface area contributed by atoms with Crippen molar-refractivity contribution in [2.45, 2.75) is 17.7 Å². The summed E-state index contributed by atoms with van der Waals surface area (Å²) in [6.45, 7) is 1.64. The fraction of sp³-hybridized carbons (Fsp3) is 0.300. The average Bonchev–Trinajstić information content (AvgIpc) is 3.23. The van der Waals surface area contributed by atoms with Crippen LogP contribution in [-0.4, -0.2) is 34.1 Å². The van der Waals surface area contributed by atoms with Crippen LogP contribution in [0.5, 0.6) is 0 Å². The first-order valence-electron chi connectivity index (χ1n) is 9.07. The van der Waals surface area contributed by atoms with Gasteiger partial charge >= 0.3 is 0 Å². The molecule has 0 saturated carbocycles. The number of sulfonamides is 1. The van der Waals surface area contributed by atoms with Gasteiger partial charge in [-0.25, -0.2) is 17.5 Å². The van der Waals surface area contributed by atoms with E-state index in [2.05, 4.69) is 10.0 Å². The Labute approximate surface area is 168 Å². The molecule has 2 N–H and O–H groups in total. The van der Waals surface area contributed by atoms with E-state index in [1.165, 1.54) is 36.4 Å². The van der Waals surface area contributed by atoms with Gasteiger partial charge in [-0.05, 0) is 55.2 Å². The Morgan fingerprint density at radius 1 is 1.28 bits per heavy atom. The summed E-state index contributed by atoms with van der Waals surface area (Å²) in [4.78, 5) is 12.4. The zero-order valence-electron chi connectivity index (χ0n) is 15.5. The first kappa shape index (κ1) is 20.9. The summed E-state index contributed by atoms with van der Waals surface area (Å²) in [5.74, 6) is -0.904. The molecule has 9 heteroatoms. The predicted molar refractivity (Wildman–Crippen MR) is 104 cm³/mol. The van der Waals surface area contributed by atoms with Crippen molar-refractivity contribution in [1.29, 1.82) is 5.26 Å². The number of hydrogen-bond donors (Lipinski definition) is 2. The van der Waals surface area contributed by atoms with Crippen LogP contribution >= 0.6 is 0 Å². The molecule has 0 bridgehead atoms. The van der Waals surface area contributed by atoms with Gasteiger partial charge in [-0.15, -0.1) is 0 Å². The molecule has 0 spiro atoms. The molecule has 1 unspecified atom stereocenters. The lowest BCUT2D eigenvalue weighted by Crippen LogP contribution is -2.26. The SMILES string of the molecule is N#Cc1cc(NC(=O)c2cccc(S(=O)(=O)NCCC3CCOC3)c2)ccc1F. The van der Waals surface area contributed by atoms with Gasteiger partial charge in [-0.1, -0.05) is 6.07 Å². The maximum atomic E-state index is 13.4. The fourth-order valence-corrected chi connectivity index (χ4v) is 4.08. The summed E-state index contributed by atoms with van der Waals surface area (Å²) in [5.41, 5.74) is 0.161. The monoisotopic (exact) mass is 417 g/mol. The number of halogens is 1. The number of nitriles is 1. The second-order valence-electron chi connectivity index (χ2n) is 6.70. The Hall–Kier alpha value is -2.80. The summed E-state index contributed by atoms with van der Waals surface area (Å²) in [7, 11) is -3.76. The maximum absolute atomic E-state index is 13.4. The summed E-state index contributed by atoms with van der Waals surface area (Å²) >= 11 is 0. The lowest BCUT2D eigenvalue weighted by molar-refractivity contribution is 0.102. The van der Waals surface area contributed by atoms with E-state index in [1.54, 1.807) is 6.07 Å². The van der Waals surface area contributed by atoms with Crippen molar-refractivity contribution in [2.75, 3.05) is 25.1 Å². The van der Waals surface area contributed by atoms with Gasteiger partial charge in [0, 0.05) is 31.0 Å². The minimum atomic E-state index is -3.76. The normalized spacial score (nSPS) is 16.3. The Bertz CT molecular complexity index is 1040.